The van der Waals surface area contributed by atoms with E-state index < -0.39 is 0 Å². The van der Waals surface area contributed by atoms with E-state index in [1.54, 1.807) is 11.3 Å². The quantitative estimate of drug-likeness (QED) is 0.767. The second-order valence-corrected chi connectivity index (χ2v) is 6.99. The smallest absolute Gasteiger partial charge is 0.0981 e. The number of para-hydroxylation sites is 1. The molecule has 0 bridgehead atoms. The fourth-order valence-corrected chi connectivity index (χ4v) is 2.94. The molecule has 0 radical (unpaired) electrons. The van der Waals surface area contributed by atoms with E-state index in [0.29, 0.717) is 0 Å². The molecule has 2 heterocycles. The third-order valence-electron chi connectivity index (χ3n) is 3.12. The Hall–Kier alpha value is -1.88. The van der Waals surface area contributed by atoms with Crippen LogP contribution >= 0.6 is 11.3 Å². The largest absolute Gasteiger partial charge is 0.378 e. The molecule has 1 aromatic carbocycles. The Kier molecular flexibility index (Phi) is 3.22. The van der Waals surface area contributed by atoms with Gasteiger partial charge in [0.05, 0.1) is 29.0 Å². The monoisotopic (exact) mass is 286 g/mol. The van der Waals surface area contributed by atoms with Crippen LogP contribution in [0.4, 0.5) is 5.69 Å². The molecule has 0 amide bonds. The number of rotatable bonds is 3. The lowest BCUT2D eigenvalue weighted by molar-refractivity contribution is 0.585. The molecule has 0 spiro atoms. The first-order valence-corrected chi connectivity index (χ1v) is 7.47. The highest BCUT2D eigenvalue weighted by atomic mass is 32.1. The molecular formula is C15H18N4S. The van der Waals surface area contributed by atoms with Crippen molar-refractivity contribution in [3.05, 3.63) is 40.5 Å². The summed E-state index contributed by atoms with van der Waals surface area (Å²) in [5.41, 5.74) is 2.24. The van der Waals surface area contributed by atoms with Crippen LogP contribution in [0.15, 0.2) is 30.6 Å². The molecule has 0 atom stereocenters. The topological polar surface area (TPSA) is 53.6 Å². The second kappa shape index (κ2) is 4.90. The Balaban J connectivity index is 1.76. The molecule has 5 heteroatoms. The van der Waals surface area contributed by atoms with Crippen LogP contribution < -0.4 is 5.32 Å². The van der Waals surface area contributed by atoms with Gasteiger partial charge in [0.2, 0.25) is 0 Å². The van der Waals surface area contributed by atoms with Gasteiger partial charge in [0.25, 0.3) is 0 Å². The predicted molar refractivity (Wildman–Crippen MR) is 84.2 cm³/mol. The van der Waals surface area contributed by atoms with Crippen molar-refractivity contribution in [2.24, 2.45) is 0 Å². The number of hydrogen-bond acceptors (Lipinski definition) is 4. The third kappa shape index (κ3) is 2.54. The molecule has 0 saturated carbocycles. The number of fused-ring (bicyclic) bond motifs is 1. The van der Waals surface area contributed by atoms with Crippen molar-refractivity contribution in [2.75, 3.05) is 5.32 Å². The Morgan fingerprint density at radius 2 is 2.10 bits per heavy atom. The van der Waals surface area contributed by atoms with Gasteiger partial charge in [0, 0.05) is 21.9 Å². The van der Waals surface area contributed by atoms with Gasteiger partial charge >= 0.3 is 0 Å². The van der Waals surface area contributed by atoms with Crippen molar-refractivity contribution >= 4 is 27.9 Å². The van der Waals surface area contributed by atoms with Crippen LogP contribution in [0.3, 0.4) is 0 Å². The second-order valence-electron chi connectivity index (χ2n) is 5.88. The van der Waals surface area contributed by atoms with Gasteiger partial charge in [-0.1, -0.05) is 32.9 Å². The summed E-state index contributed by atoms with van der Waals surface area (Å²) < 4.78 is 0. The molecule has 3 aromatic rings. The minimum Gasteiger partial charge on any atom is -0.378 e. The fraction of sp³-hybridized carbons (Fsp3) is 0.333. The minimum atomic E-state index is 0.117. The number of H-pyrrole nitrogens is 1. The Morgan fingerprint density at radius 3 is 2.85 bits per heavy atom. The molecule has 0 saturated heterocycles. The van der Waals surface area contributed by atoms with E-state index in [0.717, 1.165) is 23.1 Å². The van der Waals surface area contributed by atoms with Crippen LogP contribution in [-0.4, -0.2) is 15.2 Å². The predicted octanol–water partition coefficient (Wildman–Crippen LogP) is 3.93. The lowest BCUT2D eigenvalue weighted by Crippen LogP contribution is -2.09. The molecule has 104 valence electrons. The number of nitrogens with one attached hydrogen (secondary N) is 2. The van der Waals surface area contributed by atoms with Gasteiger partial charge in [-0.15, -0.1) is 11.3 Å². The van der Waals surface area contributed by atoms with Gasteiger partial charge in [-0.25, -0.2) is 4.98 Å². The zero-order valence-electron chi connectivity index (χ0n) is 11.9. The van der Waals surface area contributed by atoms with Crippen molar-refractivity contribution in [1.29, 1.82) is 0 Å². The summed E-state index contributed by atoms with van der Waals surface area (Å²) in [4.78, 5) is 5.75. The molecule has 0 fully saturated rings. The van der Waals surface area contributed by atoms with Crippen LogP contribution in [-0.2, 0) is 12.0 Å². The number of aromatic nitrogens is 3. The Morgan fingerprint density at radius 1 is 1.25 bits per heavy atom. The zero-order chi connectivity index (χ0) is 14.2. The summed E-state index contributed by atoms with van der Waals surface area (Å²) in [6.07, 6.45) is 3.80. The highest BCUT2D eigenvalue weighted by Crippen LogP contribution is 2.28. The van der Waals surface area contributed by atoms with Gasteiger partial charge in [-0.2, -0.15) is 5.10 Å². The Labute approximate surface area is 122 Å². The van der Waals surface area contributed by atoms with E-state index in [9.17, 15) is 0 Å². The molecule has 20 heavy (non-hydrogen) atoms. The minimum absolute atomic E-state index is 0.117. The highest BCUT2D eigenvalue weighted by molar-refractivity contribution is 7.11. The van der Waals surface area contributed by atoms with Crippen molar-refractivity contribution in [3.8, 4) is 0 Å². The maximum absolute atomic E-state index is 4.51. The first-order chi connectivity index (χ1) is 9.54. The summed E-state index contributed by atoms with van der Waals surface area (Å²) in [5.74, 6) is 0. The molecule has 4 nitrogen and oxygen atoms in total. The average molecular weight is 286 g/mol. The molecule has 0 aliphatic carbocycles. The lowest BCUT2D eigenvalue weighted by atomic mass is 9.98. The van der Waals surface area contributed by atoms with E-state index in [2.05, 4.69) is 53.4 Å². The van der Waals surface area contributed by atoms with Crippen LogP contribution in [0.5, 0.6) is 0 Å². The molecule has 0 unspecified atom stereocenters. The SMILES string of the molecule is CC(C)(C)c1ncc(CNc2cccc3cn[nH]c23)s1. The van der Waals surface area contributed by atoms with E-state index in [-0.39, 0.29) is 5.41 Å². The number of benzene rings is 1. The Bertz CT molecular complexity index is 721. The number of nitrogens with zero attached hydrogens (tertiary/aromatic N) is 2. The van der Waals surface area contributed by atoms with Gasteiger partial charge in [0.15, 0.2) is 0 Å². The van der Waals surface area contributed by atoms with E-state index in [1.165, 1.54) is 9.88 Å². The van der Waals surface area contributed by atoms with E-state index >= 15 is 0 Å². The zero-order valence-corrected chi connectivity index (χ0v) is 12.7. The van der Waals surface area contributed by atoms with Crippen LogP contribution in [0.2, 0.25) is 0 Å². The van der Waals surface area contributed by atoms with Crippen molar-refractivity contribution < 1.29 is 0 Å². The lowest BCUT2D eigenvalue weighted by Gasteiger charge is -2.13. The van der Waals surface area contributed by atoms with Gasteiger partial charge in [-0.3, -0.25) is 5.10 Å². The summed E-state index contributed by atoms with van der Waals surface area (Å²) in [6, 6.07) is 6.15. The van der Waals surface area contributed by atoms with Gasteiger partial charge in [-0.05, 0) is 6.07 Å². The number of anilines is 1. The van der Waals surface area contributed by atoms with Gasteiger partial charge < -0.3 is 5.32 Å². The van der Waals surface area contributed by atoms with Gasteiger partial charge in [0.1, 0.15) is 0 Å². The first kappa shape index (κ1) is 13.1. The summed E-state index contributed by atoms with van der Waals surface area (Å²) in [5, 5.41) is 12.9. The molecule has 2 aromatic heterocycles. The van der Waals surface area contributed by atoms with Crippen LogP contribution in [0, 0.1) is 0 Å². The van der Waals surface area contributed by atoms with Crippen LogP contribution in [0.25, 0.3) is 10.9 Å². The third-order valence-corrected chi connectivity index (χ3v) is 4.55. The summed E-state index contributed by atoms with van der Waals surface area (Å²) in [6.45, 7) is 7.35. The first-order valence-electron chi connectivity index (χ1n) is 6.65. The van der Waals surface area contributed by atoms with E-state index in [4.69, 9.17) is 0 Å². The molecule has 3 rings (SSSR count). The molecule has 0 aliphatic heterocycles. The molecule has 0 aliphatic rings. The van der Waals surface area contributed by atoms with E-state index in [1.807, 2.05) is 18.5 Å². The maximum atomic E-state index is 4.51. The van der Waals surface area contributed by atoms with Crippen molar-refractivity contribution in [2.45, 2.75) is 32.7 Å². The highest BCUT2D eigenvalue weighted by Gasteiger charge is 2.17. The normalized spacial score (nSPS) is 11.9. The maximum Gasteiger partial charge on any atom is 0.0981 e. The molecule has 2 N–H and O–H groups in total. The molecular weight excluding hydrogens is 268 g/mol. The fourth-order valence-electron chi connectivity index (χ4n) is 2.03. The van der Waals surface area contributed by atoms with Crippen molar-refractivity contribution in [3.63, 3.8) is 0 Å². The number of aromatic amines is 1. The standard InChI is InChI=1S/C15H18N4S/c1-15(2,3)14-17-9-11(20-14)8-16-12-6-4-5-10-7-18-19-13(10)12/h4-7,9,16H,8H2,1-3H3,(H,18,19). The number of thiazole rings is 1. The summed E-state index contributed by atoms with van der Waals surface area (Å²) >= 11 is 1.77. The number of hydrogen-bond donors (Lipinski definition) is 2. The summed E-state index contributed by atoms with van der Waals surface area (Å²) in [7, 11) is 0. The average Bonchev–Trinajstić information content (AvgIpc) is 3.04. The van der Waals surface area contributed by atoms with Crippen LogP contribution in [0.1, 0.15) is 30.7 Å². The van der Waals surface area contributed by atoms with Crippen molar-refractivity contribution in [1.82, 2.24) is 15.2 Å².